The van der Waals surface area contributed by atoms with E-state index in [0.717, 1.165) is 5.98 Å². The van der Waals surface area contributed by atoms with Crippen molar-refractivity contribution in [1.82, 2.24) is 0 Å². The molecular formula is H3B2CoFe. The molecule has 0 aliphatic rings. The molecule has 0 rings (SSSR count). The van der Waals surface area contributed by atoms with Crippen LogP contribution in [-0.4, -0.2) is 13.7 Å². The second-order valence-corrected chi connectivity index (χ2v) is 1.03. The Labute approximate surface area is 46.6 Å². The van der Waals surface area contributed by atoms with Gasteiger partial charge in [0.2, 0.25) is 0 Å². The topological polar surface area (TPSA) is 0 Å². The minimum atomic E-state index is 0. The van der Waals surface area contributed by atoms with E-state index in [2.05, 4.69) is 15.8 Å². The van der Waals surface area contributed by atoms with Crippen LogP contribution in [0.5, 0.6) is 0 Å². The Hall–Kier alpha value is 1.16. The van der Waals surface area contributed by atoms with Crippen molar-refractivity contribution in [3.8, 4) is 0 Å². The minimum Gasteiger partial charge on any atom is 0 e. The molecular weight excluding hydrogens is 136 g/mol. The third-order valence-corrected chi connectivity index (χ3v) is 0. The summed E-state index contributed by atoms with van der Waals surface area (Å²) in [6, 6.07) is 0. The molecule has 1 radical (unpaired) electrons. The van der Waals surface area contributed by atoms with E-state index >= 15 is 0 Å². The van der Waals surface area contributed by atoms with Crippen molar-refractivity contribution in [1.29, 1.82) is 0 Å². The molecule has 0 unspecified atom stereocenters. The second kappa shape index (κ2) is 8.91. The molecule has 0 spiro atoms. The predicted octanol–water partition coefficient (Wildman–Crippen LogP) is -1.57. The summed E-state index contributed by atoms with van der Waals surface area (Å²) in [5.74, 6) is 1.00. The zero-order chi connectivity index (χ0) is 2.71. The minimum absolute atomic E-state index is 0. The van der Waals surface area contributed by atoms with Gasteiger partial charge in [0.25, 0.3) is 0 Å². The van der Waals surface area contributed by atoms with Gasteiger partial charge in [0.1, 0.15) is 0 Å². The third kappa shape index (κ3) is 11.0. The monoisotopic (exact) mass is 140 g/mol. The maximum Gasteiger partial charge on any atom is 0 e. The van der Waals surface area contributed by atoms with Crippen LogP contribution in [0.3, 0.4) is 0 Å². The van der Waals surface area contributed by atoms with E-state index in [1.165, 1.54) is 0 Å². The van der Waals surface area contributed by atoms with Gasteiger partial charge in [0, 0.05) is 16.8 Å². The van der Waals surface area contributed by atoms with Crippen LogP contribution < -0.4 is 0 Å². The van der Waals surface area contributed by atoms with Gasteiger partial charge in [-0.15, -0.1) is 0 Å². The van der Waals surface area contributed by atoms with Gasteiger partial charge in [-0.25, -0.2) is 0 Å². The van der Waals surface area contributed by atoms with Gasteiger partial charge in [0.15, 0.2) is 0 Å². The first-order valence-electron chi connectivity index (χ1n) is 0.957. The molecule has 0 saturated heterocycles. The molecule has 0 amide bonds. The first-order valence-corrected chi connectivity index (χ1v) is 1.74. The van der Waals surface area contributed by atoms with E-state index in [-0.39, 0.29) is 16.8 Å². The van der Waals surface area contributed by atoms with Crippen molar-refractivity contribution < 1.29 is 32.6 Å². The standard InChI is InChI=1S/B2H3.Co.Fe/c1-2;;/h1H,2H2;;/q+1;;-1. The summed E-state index contributed by atoms with van der Waals surface area (Å²) in [7, 11) is 2.01. The second-order valence-electron chi connectivity index (χ2n) is 0.250. The Bertz CT molecular complexity index is 6.00. The molecule has 0 aromatic rings. The van der Waals surface area contributed by atoms with E-state index in [1.54, 1.807) is 0 Å². The molecule has 4 heavy (non-hydrogen) atoms. The van der Waals surface area contributed by atoms with Gasteiger partial charge < -0.3 is 0 Å². The third-order valence-electron chi connectivity index (χ3n) is 0. The molecule has 0 nitrogen and oxygen atoms in total. The van der Waals surface area contributed by atoms with Crippen molar-refractivity contribution in [2.45, 2.75) is 0 Å². The molecule has 0 N–H and O–H groups in total. The zero-order valence-electron chi connectivity index (χ0n) is 2.39. The molecule has 4 heteroatoms. The summed E-state index contributed by atoms with van der Waals surface area (Å²) in [5, 5.41) is 0. The summed E-state index contributed by atoms with van der Waals surface area (Å²) >= 11 is 3.49. The summed E-state index contributed by atoms with van der Waals surface area (Å²) in [5.41, 5.74) is 0. The van der Waals surface area contributed by atoms with Crippen LogP contribution in [0, 0.1) is 0 Å². The van der Waals surface area contributed by atoms with Crippen molar-refractivity contribution in [3.63, 3.8) is 0 Å². The van der Waals surface area contributed by atoms with E-state index in [4.69, 9.17) is 0 Å². The van der Waals surface area contributed by atoms with Crippen molar-refractivity contribution in [3.05, 3.63) is 0 Å². The van der Waals surface area contributed by atoms with Gasteiger partial charge in [-0.2, -0.15) is 0 Å². The Morgan fingerprint density at radius 3 is 1.75 bits per heavy atom. The molecule has 0 aromatic carbocycles. The van der Waals surface area contributed by atoms with E-state index in [9.17, 15) is 0 Å². The SMILES string of the molecule is B[BH][Fe].[Co]. The number of rotatable bonds is 0. The smallest absolute Gasteiger partial charge is 0 e. The number of hydrogen-bond donors (Lipinski definition) is 0. The molecule has 0 saturated carbocycles. The molecule has 0 heterocycles. The average Bonchev–Trinajstić information content (AvgIpc) is 0.918. The van der Waals surface area contributed by atoms with Crippen molar-refractivity contribution in [2.75, 3.05) is 0 Å². The molecule has 0 aliphatic carbocycles. The maximum absolute atomic E-state index is 3.49. The Morgan fingerprint density at radius 2 is 1.75 bits per heavy atom. The first kappa shape index (κ1) is 8.94. The van der Waals surface area contributed by atoms with E-state index < -0.39 is 0 Å². The first-order chi connectivity index (χ1) is 1.41. The molecule has 26 valence electrons. The molecule has 0 fully saturated rings. The fourth-order valence-corrected chi connectivity index (χ4v) is 0. The quantitative estimate of drug-likeness (QED) is 0.356. The van der Waals surface area contributed by atoms with Crippen LogP contribution in [0.2, 0.25) is 0 Å². The fraction of sp³-hybridized carbons (Fsp3) is 0. The summed E-state index contributed by atoms with van der Waals surface area (Å²) in [6.45, 7) is 0. The normalized spacial score (nSPS) is 3.25. The summed E-state index contributed by atoms with van der Waals surface area (Å²) in [4.78, 5) is 0. The van der Waals surface area contributed by atoms with E-state index in [1.807, 2.05) is 7.74 Å². The van der Waals surface area contributed by atoms with Gasteiger partial charge in [-0.05, 0) is 0 Å². The van der Waals surface area contributed by atoms with Crippen LogP contribution >= 0.6 is 0 Å². The molecule has 0 bridgehead atoms. The summed E-state index contributed by atoms with van der Waals surface area (Å²) in [6.07, 6.45) is 0. The van der Waals surface area contributed by atoms with Crippen LogP contribution in [0.15, 0.2) is 0 Å². The van der Waals surface area contributed by atoms with Crippen LogP contribution in [0.4, 0.5) is 0 Å². The molecule has 0 aromatic heterocycles. The zero-order valence-corrected chi connectivity index (χ0v) is 4.54. The molecule has 0 atom stereocenters. The average molecular weight is 139 g/mol. The van der Waals surface area contributed by atoms with Gasteiger partial charge >= 0.3 is 29.6 Å². The maximum atomic E-state index is 3.49. The predicted molar refractivity (Wildman–Crippen MR) is 15.7 cm³/mol. The van der Waals surface area contributed by atoms with Crippen molar-refractivity contribution >= 4 is 13.7 Å². The van der Waals surface area contributed by atoms with Crippen molar-refractivity contribution in [2.24, 2.45) is 0 Å². The Kier molecular flexibility index (Phi) is 19.9. The largest absolute Gasteiger partial charge is 0 e. The van der Waals surface area contributed by atoms with Gasteiger partial charge in [-0.3, -0.25) is 0 Å². The van der Waals surface area contributed by atoms with E-state index in [0.29, 0.717) is 0 Å². The van der Waals surface area contributed by atoms with Crippen LogP contribution in [0.25, 0.3) is 0 Å². The van der Waals surface area contributed by atoms with Crippen LogP contribution in [-0.2, 0) is 32.6 Å². The number of hydrogen-bond acceptors (Lipinski definition) is 0. The Balaban J connectivity index is 0. The Morgan fingerprint density at radius 1 is 1.75 bits per heavy atom. The molecule has 0 aliphatic heterocycles. The van der Waals surface area contributed by atoms with Gasteiger partial charge in [0.05, 0.1) is 0 Å². The van der Waals surface area contributed by atoms with Gasteiger partial charge in [-0.1, -0.05) is 0 Å². The fourth-order valence-electron chi connectivity index (χ4n) is 0. The van der Waals surface area contributed by atoms with Crippen LogP contribution in [0.1, 0.15) is 0 Å². The summed E-state index contributed by atoms with van der Waals surface area (Å²) < 4.78 is 0.